The molecular formula is C13H20N2O3S. The third-order valence-corrected chi connectivity index (χ3v) is 3.43. The van der Waals surface area contributed by atoms with Crippen LogP contribution in [-0.2, 0) is 9.59 Å². The van der Waals surface area contributed by atoms with Gasteiger partial charge in [0.15, 0.2) is 0 Å². The van der Waals surface area contributed by atoms with E-state index in [1.54, 1.807) is 0 Å². The Morgan fingerprint density at radius 1 is 1.32 bits per heavy atom. The van der Waals surface area contributed by atoms with Crippen LogP contribution in [0.15, 0.2) is 17.5 Å². The highest BCUT2D eigenvalue weighted by atomic mass is 32.1. The Kier molecular flexibility index (Phi) is 6.52. The topological polar surface area (TPSA) is 78.4 Å². The number of hydrogen-bond donors (Lipinski definition) is 3. The van der Waals surface area contributed by atoms with Gasteiger partial charge in [0.25, 0.3) is 0 Å². The first kappa shape index (κ1) is 15.7. The van der Waals surface area contributed by atoms with Crippen LogP contribution in [-0.4, -0.2) is 30.0 Å². The maximum absolute atomic E-state index is 11.4. The number of thiophene rings is 1. The summed E-state index contributed by atoms with van der Waals surface area (Å²) in [5.41, 5.74) is 0. The lowest BCUT2D eigenvalue weighted by Crippen LogP contribution is -2.41. The molecule has 1 rings (SSSR count). The number of rotatable bonds is 6. The van der Waals surface area contributed by atoms with E-state index in [1.165, 1.54) is 11.3 Å². The third-order valence-electron chi connectivity index (χ3n) is 2.45. The molecule has 0 spiro atoms. The average molecular weight is 284 g/mol. The lowest BCUT2D eigenvalue weighted by atomic mass is 10.2. The summed E-state index contributed by atoms with van der Waals surface area (Å²) in [6.45, 7) is 4.65. The van der Waals surface area contributed by atoms with Gasteiger partial charge in [-0.15, -0.1) is 11.3 Å². The Morgan fingerprint density at radius 3 is 2.58 bits per heavy atom. The predicted octanol–water partition coefficient (Wildman–Crippen LogP) is 1.06. The van der Waals surface area contributed by atoms with Crippen LogP contribution < -0.4 is 10.6 Å². The molecule has 0 bridgehead atoms. The van der Waals surface area contributed by atoms with Crippen LogP contribution in [0, 0.1) is 5.92 Å². The average Bonchev–Trinajstić information content (AvgIpc) is 2.89. The van der Waals surface area contributed by atoms with Gasteiger partial charge in [-0.05, 0) is 23.8 Å². The summed E-state index contributed by atoms with van der Waals surface area (Å²) in [5, 5.41) is 16.7. The normalized spacial score (nSPS) is 12.2. The molecule has 19 heavy (non-hydrogen) atoms. The molecule has 0 fully saturated rings. The van der Waals surface area contributed by atoms with E-state index in [1.807, 2.05) is 31.4 Å². The van der Waals surface area contributed by atoms with Gasteiger partial charge in [-0.3, -0.25) is 9.59 Å². The summed E-state index contributed by atoms with van der Waals surface area (Å²) in [7, 11) is 0. The zero-order chi connectivity index (χ0) is 14.3. The Labute approximate surface area is 117 Å². The highest BCUT2D eigenvalue weighted by molar-refractivity contribution is 7.10. The maximum atomic E-state index is 11.4. The van der Waals surface area contributed by atoms with E-state index in [-0.39, 0.29) is 6.54 Å². The fourth-order valence-electron chi connectivity index (χ4n) is 1.40. The van der Waals surface area contributed by atoms with Crippen molar-refractivity contribution in [2.75, 3.05) is 13.1 Å². The summed E-state index contributed by atoms with van der Waals surface area (Å²) < 4.78 is 0. The maximum Gasteiger partial charge on any atom is 0.309 e. The Morgan fingerprint density at radius 2 is 2.00 bits per heavy atom. The second-order valence-corrected chi connectivity index (χ2v) is 5.66. The molecule has 3 N–H and O–H groups in total. The predicted molar refractivity (Wildman–Crippen MR) is 74.8 cm³/mol. The quantitative estimate of drug-likeness (QED) is 0.684. The molecule has 0 aromatic carbocycles. The number of aliphatic hydroxyl groups excluding tert-OH is 1. The Balaban J connectivity index is 2.21. The molecule has 1 unspecified atom stereocenters. The molecule has 1 heterocycles. The minimum Gasteiger partial charge on any atom is -0.388 e. The second-order valence-electron chi connectivity index (χ2n) is 4.68. The van der Waals surface area contributed by atoms with Crippen molar-refractivity contribution < 1.29 is 14.7 Å². The van der Waals surface area contributed by atoms with Gasteiger partial charge in [0.1, 0.15) is 0 Å². The first-order valence-electron chi connectivity index (χ1n) is 6.28. The molecule has 0 aliphatic heterocycles. The molecule has 0 radical (unpaired) electrons. The molecule has 0 aliphatic rings. The molecule has 106 valence electrons. The third kappa shape index (κ3) is 5.85. The van der Waals surface area contributed by atoms with E-state index in [0.29, 0.717) is 18.9 Å². The highest BCUT2D eigenvalue weighted by Crippen LogP contribution is 2.20. The fourth-order valence-corrected chi connectivity index (χ4v) is 2.15. The summed E-state index contributed by atoms with van der Waals surface area (Å²) in [5.74, 6) is -0.976. The monoisotopic (exact) mass is 284 g/mol. The van der Waals surface area contributed by atoms with Crippen LogP contribution in [0.25, 0.3) is 0 Å². The standard InChI is InChI=1S/C13H20N2O3S/c1-9(2)8-15-13(18)12(17)14-6-5-10(16)11-4-3-7-19-11/h3-4,7,9-10,16H,5-6,8H2,1-2H3,(H,14,17)(H,15,18). The van der Waals surface area contributed by atoms with Crippen molar-refractivity contribution in [3.05, 3.63) is 22.4 Å². The van der Waals surface area contributed by atoms with E-state index in [9.17, 15) is 14.7 Å². The number of nitrogens with one attached hydrogen (secondary N) is 2. The van der Waals surface area contributed by atoms with E-state index >= 15 is 0 Å². The van der Waals surface area contributed by atoms with Crippen molar-refractivity contribution in [1.29, 1.82) is 0 Å². The smallest absolute Gasteiger partial charge is 0.309 e. The second kappa shape index (κ2) is 7.91. The lowest BCUT2D eigenvalue weighted by molar-refractivity contribution is -0.139. The Hall–Kier alpha value is -1.40. The molecule has 0 saturated carbocycles. The largest absolute Gasteiger partial charge is 0.388 e. The van der Waals surface area contributed by atoms with Crippen LogP contribution in [0.1, 0.15) is 31.2 Å². The van der Waals surface area contributed by atoms with Crippen molar-refractivity contribution in [3.63, 3.8) is 0 Å². The number of carbonyl (C=O) groups is 2. The first-order chi connectivity index (χ1) is 9.00. The summed E-state index contributed by atoms with van der Waals surface area (Å²) in [6, 6.07) is 3.70. The number of hydrogen-bond acceptors (Lipinski definition) is 4. The lowest BCUT2D eigenvalue weighted by Gasteiger charge is -2.10. The van der Waals surface area contributed by atoms with Crippen LogP contribution >= 0.6 is 11.3 Å². The van der Waals surface area contributed by atoms with Crippen molar-refractivity contribution in [2.45, 2.75) is 26.4 Å². The zero-order valence-electron chi connectivity index (χ0n) is 11.2. The molecule has 2 amide bonds. The van der Waals surface area contributed by atoms with Gasteiger partial charge in [-0.2, -0.15) is 0 Å². The molecule has 5 nitrogen and oxygen atoms in total. The SMILES string of the molecule is CC(C)CNC(=O)C(=O)NCCC(O)c1cccs1. The summed E-state index contributed by atoms with van der Waals surface area (Å²) in [6.07, 6.45) is -0.206. The number of carbonyl (C=O) groups excluding carboxylic acids is 2. The van der Waals surface area contributed by atoms with Crippen LogP contribution in [0.5, 0.6) is 0 Å². The van der Waals surface area contributed by atoms with Gasteiger partial charge in [0.05, 0.1) is 6.10 Å². The van der Waals surface area contributed by atoms with E-state index in [0.717, 1.165) is 4.88 Å². The van der Waals surface area contributed by atoms with E-state index in [2.05, 4.69) is 10.6 Å². The van der Waals surface area contributed by atoms with Gasteiger partial charge < -0.3 is 15.7 Å². The van der Waals surface area contributed by atoms with Gasteiger partial charge in [-0.1, -0.05) is 19.9 Å². The zero-order valence-corrected chi connectivity index (χ0v) is 12.0. The van der Waals surface area contributed by atoms with Crippen LogP contribution in [0.4, 0.5) is 0 Å². The van der Waals surface area contributed by atoms with Gasteiger partial charge in [-0.25, -0.2) is 0 Å². The molecular weight excluding hydrogens is 264 g/mol. The first-order valence-corrected chi connectivity index (χ1v) is 7.16. The summed E-state index contributed by atoms with van der Waals surface area (Å²) >= 11 is 1.47. The fraction of sp³-hybridized carbons (Fsp3) is 0.538. The molecule has 6 heteroatoms. The minimum atomic E-state index is -0.654. The minimum absolute atomic E-state index is 0.271. The van der Waals surface area contributed by atoms with E-state index in [4.69, 9.17) is 0 Å². The number of aliphatic hydroxyl groups is 1. The molecule has 1 atom stereocenters. The van der Waals surface area contributed by atoms with Crippen molar-refractivity contribution in [3.8, 4) is 0 Å². The van der Waals surface area contributed by atoms with Gasteiger partial charge in [0, 0.05) is 18.0 Å². The van der Waals surface area contributed by atoms with Gasteiger partial charge in [0.2, 0.25) is 0 Å². The molecule has 1 aromatic heterocycles. The molecule has 0 aliphatic carbocycles. The highest BCUT2D eigenvalue weighted by Gasteiger charge is 2.14. The van der Waals surface area contributed by atoms with Crippen molar-refractivity contribution in [1.82, 2.24) is 10.6 Å². The van der Waals surface area contributed by atoms with Crippen LogP contribution in [0.3, 0.4) is 0 Å². The van der Waals surface area contributed by atoms with Crippen molar-refractivity contribution in [2.24, 2.45) is 5.92 Å². The number of amides is 2. The van der Waals surface area contributed by atoms with Crippen molar-refractivity contribution >= 4 is 23.2 Å². The van der Waals surface area contributed by atoms with Crippen LogP contribution in [0.2, 0.25) is 0 Å². The Bertz CT molecular complexity index is 404. The molecule has 0 saturated heterocycles. The molecule has 1 aromatic rings. The van der Waals surface area contributed by atoms with Gasteiger partial charge >= 0.3 is 11.8 Å². The van der Waals surface area contributed by atoms with E-state index < -0.39 is 17.9 Å². The summed E-state index contributed by atoms with van der Waals surface area (Å²) in [4.78, 5) is 23.6.